The monoisotopic (exact) mass is 507 g/mol. The molecule has 38 heavy (non-hydrogen) atoms. The zero-order valence-corrected chi connectivity index (χ0v) is 20.5. The van der Waals surface area contributed by atoms with Gasteiger partial charge < -0.3 is 19.1 Å². The third-order valence-electron chi connectivity index (χ3n) is 6.50. The van der Waals surface area contributed by atoms with Gasteiger partial charge in [-0.3, -0.25) is 0 Å². The first kappa shape index (κ1) is 23.7. The number of hydrogen-bond acceptors (Lipinski definition) is 7. The molecule has 0 aliphatic carbocycles. The predicted molar refractivity (Wildman–Crippen MR) is 140 cm³/mol. The number of carbonyl (C=O) groups is 1. The summed E-state index contributed by atoms with van der Waals surface area (Å²) in [6.07, 6.45) is 3.30. The van der Waals surface area contributed by atoms with E-state index in [1.165, 1.54) is 6.07 Å². The molecule has 0 radical (unpaired) electrons. The Kier molecular flexibility index (Phi) is 6.49. The summed E-state index contributed by atoms with van der Waals surface area (Å²) in [5, 5.41) is 9.40. The Hall–Kier alpha value is -4.63. The molecule has 0 spiro atoms. The minimum Gasteiger partial charge on any atom is -0.477 e. The standard InChI is InChI=1S/C29H25N5O4/c35-29(36)24-11-10-23-28(32-24)34(17-22-13-15-37-22)25(31-23)16-19-6-8-21(9-7-19)27-30-14-12-26(33-27)38-18-20-4-2-1-3-5-20/h1-12,14,22H,13,15-18H2,(H,35,36). The number of carboxylic acids is 1. The van der Waals surface area contributed by atoms with Gasteiger partial charge in [0.25, 0.3) is 0 Å². The van der Waals surface area contributed by atoms with Crippen LogP contribution in [0.25, 0.3) is 22.6 Å². The Morgan fingerprint density at radius 3 is 2.53 bits per heavy atom. The lowest BCUT2D eigenvalue weighted by molar-refractivity contribution is -0.0590. The van der Waals surface area contributed by atoms with Crippen LogP contribution in [0.3, 0.4) is 0 Å². The number of rotatable bonds is 9. The number of carboxylic acid groups (broad SMARTS) is 1. The van der Waals surface area contributed by atoms with Crippen molar-refractivity contribution in [3.63, 3.8) is 0 Å². The largest absolute Gasteiger partial charge is 0.477 e. The van der Waals surface area contributed by atoms with Gasteiger partial charge in [0.1, 0.15) is 17.9 Å². The molecule has 1 unspecified atom stereocenters. The van der Waals surface area contributed by atoms with E-state index in [0.717, 1.165) is 35.5 Å². The number of aromatic carboxylic acids is 1. The van der Waals surface area contributed by atoms with Crippen molar-refractivity contribution in [2.24, 2.45) is 0 Å². The quantitative estimate of drug-likeness (QED) is 0.309. The van der Waals surface area contributed by atoms with E-state index in [1.807, 2.05) is 59.2 Å². The van der Waals surface area contributed by atoms with E-state index in [9.17, 15) is 9.90 Å². The van der Waals surface area contributed by atoms with Crippen LogP contribution in [-0.4, -0.2) is 48.3 Å². The molecule has 4 heterocycles. The zero-order valence-electron chi connectivity index (χ0n) is 20.5. The minimum absolute atomic E-state index is 0.000871. The van der Waals surface area contributed by atoms with Gasteiger partial charge in [0.2, 0.25) is 5.88 Å². The third-order valence-corrected chi connectivity index (χ3v) is 6.50. The van der Waals surface area contributed by atoms with E-state index in [4.69, 9.17) is 14.5 Å². The van der Waals surface area contributed by atoms with Gasteiger partial charge >= 0.3 is 5.97 Å². The smallest absolute Gasteiger partial charge is 0.354 e. The van der Waals surface area contributed by atoms with Gasteiger partial charge in [0.05, 0.1) is 12.6 Å². The van der Waals surface area contributed by atoms with E-state index < -0.39 is 5.97 Å². The van der Waals surface area contributed by atoms with Gasteiger partial charge in [-0.1, -0.05) is 54.6 Å². The van der Waals surface area contributed by atoms with Crippen molar-refractivity contribution in [2.75, 3.05) is 6.61 Å². The topological polar surface area (TPSA) is 112 Å². The van der Waals surface area contributed by atoms with Crippen molar-refractivity contribution in [2.45, 2.75) is 32.1 Å². The zero-order chi connectivity index (χ0) is 25.9. The number of benzene rings is 2. The average Bonchev–Trinajstić information content (AvgIpc) is 3.26. The number of fused-ring (bicyclic) bond motifs is 1. The van der Waals surface area contributed by atoms with E-state index in [-0.39, 0.29) is 11.8 Å². The summed E-state index contributed by atoms with van der Waals surface area (Å²) in [5.74, 6) is 0.851. The molecule has 9 nitrogen and oxygen atoms in total. The van der Waals surface area contributed by atoms with Gasteiger partial charge in [0, 0.05) is 30.9 Å². The minimum atomic E-state index is -1.06. The van der Waals surface area contributed by atoms with Gasteiger partial charge in [-0.2, -0.15) is 4.98 Å². The van der Waals surface area contributed by atoms with Crippen LogP contribution in [0.5, 0.6) is 5.88 Å². The SMILES string of the molecule is O=C(O)c1ccc2nc(Cc3ccc(-c4nccc(OCc5ccccc5)n4)cc3)n(CC3CCO3)c2n1. The highest BCUT2D eigenvalue weighted by Gasteiger charge is 2.23. The molecular formula is C29H25N5O4. The fraction of sp³-hybridized carbons (Fsp3) is 0.207. The van der Waals surface area contributed by atoms with Crippen molar-refractivity contribution in [1.82, 2.24) is 24.5 Å². The van der Waals surface area contributed by atoms with E-state index in [2.05, 4.69) is 15.0 Å². The van der Waals surface area contributed by atoms with Gasteiger partial charge in [0.15, 0.2) is 17.2 Å². The summed E-state index contributed by atoms with van der Waals surface area (Å²) >= 11 is 0. The number of pyridine rings is 1. The first-order chi connectivity index (χ1) is 18.6. The molecule has 0 bridgehead atoms. The van der Waals surface area contributed by atoms with E-state index in [1.54, 1.807) is 18.3 Å². The molecule has 0 saturated carbocycles. The Bertz CT molecular complexity index is 1580. The van der Waals surface area contributed by atoms with E-state index in [0.29, 0.717) is 42.4 Å². The molecule has 1 aliphatic rings. The lowest BCUT2D eigenvalue weighted by atomic mass is 10.1. The summed E-state index contributed by atoms with van der Waals surface area (Å²) in [7, 11) is 0. The van der Waals surface area contributed by atoms with Crippen molar-refractivity contribution >= 4 is 17.1 Å². The number of hydrogen-bond donors (Lipinski definition) is 1. The highest BCUT2D eigenvalue weighted by Crippen LogP contribution is 2.24. The average molecular weight is 508 g/mol. The molecule has 190 valence electrons. The Morgan fingerprint density at radius 1 is 0.974 bits per heavy atom. The highest BCUT2D eigenvalue weighted by molar-refractivity contribution is 5.88. The second-order valence-corrected chi connectivity index (χ2v) is 9.13. The molecule has 2 aromatic carbocycles. The molecular weight excluding hydrogens is 482 g/mol. The van der Waals surface area contributed by atoms with Gasteiger partial charge in [-0.25, -0.2) is 19.7 Å². The van der Waals surface area contributed by atoms with E-state index >= 15 is 0 Å². The first-order valence-corrected chi connectivity index (χ1v) is 12.4. The molecule has 3 aromatic heterocycles. The molecule has 1 fully saturated rings. The maximum atomic E-state index is 11.5. The van der Waals surface area contributed by atoms with Crippen LogP contribution >= 0.6 is 0 Å². The third kappa shape index (κ3) is 5.09. The Morgan fingerprint density at radius 2 is 1.79 bits per heavy atom. The van der Waals surface area contributed by atoms with Crippen molar-refractivity contribution in [1.29, 1.82) is 0 Å². The number of imidazole rings is 1. The van der Waals surface area contributed by atoms with Crippen LogP contribution in [-0.2, 0) is 24.3 Å². The van der Waals surface area contributed by atoms with Crippen LogP contribution in [0.2, 0.25) is 0 Å². The molecule has 5 aromatic rings. The Balaban J connectivity index is 1.21. The molecule has 1 saturated heterocycles. The second-order valence-electron chi connectivity index (χ2n) is 9.13. The van der Waals surface area contributed by atoms with Gasteiger partial charge in [-0.15, -0.1) is 0 Å². The summed E-state index contributed by atoms with van der Waals surface area (Å²) < 4.78 is 13.5. The highest BCUT2D eigenvalue weighted by atomic mass is 16.5. The fourth-order valence-corrected chi connectivity index (χ4v) is 4.37. The maximum Gasteiger partial charge on any atom is 0.354 e. The number of nitrogens with zero attached hydrogens (tertiary/aromatic N) is 5. The fourth-order valence-electron chi connectivity index (χ4n) is 4.37. The second kappa shape index (κ2) is 10.4. The molecule has 1 N–H and O–H groups in total. The normalized spacial score (nSPS) is 14.8. The number of ether oxygens (including phenoxy) is 2. The first-order valence-electron chi connectivity index (χ1n) is 12.4. The van der Waals surface area contributed by atoms with Crippen molar-refractivity contribution < 1.29 is 19.4 Å². The summed E-state index contributed by atoms with van der Waals surface area (Å²) in [5.41, 5.74) is 4.23. The van der Waals surface area contributed by atoms with Gasteiger partial charge in [-0.05, 0) is 29.7 Å². The predicted octanol–water partition coefficient (Wildman–Crippen LogP) is 4.55. The summed E-state index contributed by atoms with van der Waals surface area (Å²) in [4.78, 5) is 29.6. The molecule has 9 heteroatoms. The van der Waals surface area contributed by atoms with Crippen LogP contribution in [0.4, 0.5) is 0 Å². The lowest BCUT2D eigenvalue weighted by Gasteiger charge is -2.27. The van der Waals surface area contributed by atoms with Crippen molar-refractivity contribution in [3.8, 4) is 17.3 Å². The molecule has 1 aliphatic heterocycles. The molecule has 6 rings (SSSR count). The molecule has 1 atom stereocenters. The summed E-state index contributed by atoms with van der Waals surface area (Å²) in [6.45, 7) is 1.76. The maximum absolute atomic E-state index is 11.5. The summed E-state index contributed by atoms with van der Waals surface area (Å²) in [6, 6.07) is 22.9. The van der Waals surface area contributed by atoms with Crippen LogP contribution < -0.4 is 4.74 Å². The van der Waals surface area contributed by atoms with Crippen LogP contribution in [0.1, 0.15) is 33.9 Å². The lowest BCUT2D eigenvalue weighted by Crippen LogP contribution is -2.32. The van der Waals surface area contributed by atoms with Crippen molar-refractivity contribution in [3.05, 3.63) is 102 Å². The van der Waals surface area contributed by atoms with Crippen LogP contribution in [0.15, 0.2) is 79.0 Å². The number of aromatic nitrogens is 5. The molecule has 0 amide bonds. The Labute approximate surface area is 218 Å². The van der Waals surface area contributed by atoms with Crippen LogP contribution in [0, 0.1) is 0 Å².